The van der Waals surface area contributed by atoms with Gasteiger partial charge in [-0.3, -0.25) is 0 Å². The molecule has 0 amide bonds. The van der Waals surface area contributed by atoms with E-state index in [4.69, 9.17) is 11.5 Å². The Hall–Kier alpha value is -0.520. The standard InChI is InChI=1S/C6H12N4S/c1-3(2)6-9-5(4(7)8)10-11-6/h3-4H,7-8H2,1-2H3. The zero-order chi connectivity index (χ0) is 8.43. The van der Waals surface area contributed by atoms with Crippen molar-refractivity contribution in [3.8, 4) is 0 Å². The summed E-state index contributed by atoms with van der Waals surface area (Å²) >= 11 is 1.36. The summed E-state index contributed by atoms with van der Waals surface area (Å²) in [5.41, 5.74) is 10.8. The first-order chi connectivity index (χ1) is 5.11. The fourth-order valence-electron chi connectivity index (χ4n) is 0.617. The second-order valence-electron chi connectivity index (χ2n) is 2.67. The van der Waals surface area contributed by atoms with Crippen molar-refractivity contribution >= 4 is 11.5 Å². The fraction of sp³-hybridized carbons (Fsp3) is 0.667. The molecule has 0 spiro atoms. The highest BCUT2D eigenvalue weighted by Crippen LogP contribution is 2.16. The Bertz CT molecular complexity index is 208. The van der Waals surface area contributed by atoms with Crippen LogP contribution in [0.2, 0.25) is 0 Å². The molecule has 1 heterocycles. The van der Waals surface area contributed by atoms with Crippen LogP contribution in [0.5, 0.6) is 0 Å². The Morgan fingerprint density at radius 3 is 2.27 bits per heavy atom. The molecule has 0 unspecified atom stereocenters. The molecule has 0 aliphatic rings. The second kappa shape index (κ2) is 3.25. The van der Waals surface area contributed by atoms with Crippen molar-refractivity contribution in [2.75, 3.05) is 0 Å². The second-order valence-corrected chi connectivity index (χ2v) is 3.45. The number of hydrogen-bond acceptors (Lipinski definition) is 5. The average Bonchev–Trinajstić information content (AvgIpc) is 2.33. The summed E-state index contributed by atoms with van der Waals surface area (Å²) in [7, 11) is 0. The lowest BCUT2D eigenvalue weighted by atomic mass is 10.2. The lowest BCUT2D eigenvalue weighted by Crippen LogP contribution is -2.21. The Morgan fingerprint density at radius 2 is 2.00 bits per heavy atom. The Labute approximate surface area is 69.8 Å². The SMILES string of the molecule is CC(C)c1nc(C(N)N)ns1. The van der Waals surface area contributed by atoms with Gasteiger partial charge in [0, 0.05) is 5.92 Å². The van der Waals surface area contributed by atoms with E-state index in [1.807, 2.05) is 0 Å². The summed E-state index contributed by atoms with van der Waals surface area (Å²) in [4.78, 5) is 4.17. The van der Waals surface area contributed by atoms with Gasteiger partial charge >= 0.3 is 0 Å². The third-order valence-electron chi connectivity index (χ3n) is 1.25. The first-order valence-electron chi connectivity index (χ1n) is 3.46. The van der Waals surface area contributed by atoms with Gasteiger partial charge in [0.25, 0.3) is 0 Å². The molecular weight excluding hydrogens is 160 g/mol. The fourth-order valence-corrected chi connectivity index (χ4v) is 1.31. The van der Waals surface area contributed by atoms with Crippen LogP contribution in [0.25, 0.3) is 0 Å². The summed E-state index contributed by atoms with van der Waals surface area (Å²) in [6, 6.07) is 0. The predicted molar refractivity (Wildman–Crippen MR) is 45.1 cm³/mol. The molecule has 0 atom stereocenters. The average molecular weight is 172 g/mol. The van der Waals surface area contributed by atoms with Crippen molar-refractivity contribution in [2.45, 2.75) is 25.9 Å². The maximum absolute atomic E-state index is 5.39. The molecule has 5 heteroatoms. The van der Waals surface area contributed by atoms with Crippen LogP contribution in [0.4, 0.5) is 0 Å². The lowest BCUT2D eigenvalue weighted by Gasteiger charge is -1.97. The first-order valence-corrected chi connectivity index (χ1v) is 4.23. The minimum absolute atomic E-state index is 0.403. The van der Waals surface area contributed by atoms with Crippen LogP contribution < -0.4 is 11.5 Å². The summed E-state index contributed by atoms with van der Waals surface area (Å²) in [5.74, 6) is 0.943. The van der Waals surface area contributed by atoms with E-state index in [1.54, 1.807) is 0 Å². The van der Waals surface area contributed by atoms with Crippen molar-refractivity contribution in [2.24, 2.45) is 11.5 Å². The largest absolute Gasteiger partial charge is 0.310 e. The van der Waals surface area contributed by atoms with Crippen LogP contribution in [0, 0.1) is 0 Å². The number of rotatable bonds is 2. The van der Waals surface area contributed by atoms with Crippen LogP contribution >= 0.6 is 11.5 Å². The maximum atomic E-state index is 5.39. The molecule has 0 aromatic carbocycles. The van der Waals surface area contributed by atoms with Gasteiger partial charge < -0.3 is 11.5 Å². The van der Waals surface area contributed by atoms with Gasteiger partial charge in [0.15, 0.2) is 5.82 Å². The molecule has 0 saturated heterocycles. The summed E-state index contributed by atoms with van der Waals surface area (Å²) in [5, 5.41) is 0.987. The smallest absolute Gasteiger partial charge is 0.173 e. The lowest BCUT2D eigenvalue weighted by molar-refractivity contribution is 0.710. The predicted octanol–water partition coefficient (Wildman–Crippen LogP) is 0.578. The van der Waals surface area contributed by atoms with Crippen LogP contribution in [0.15, 0.2) is 0 Å². The Morgan fingerprint density at radius 1 is 1.36 bits per heavy atom. The maximum Gasteiger partial charge on any atom is 0.173 e. The molecule has 62 valence electrons. The molecular formula is C6H12N4S. The minimum Gasteiger partial charge on any atom is -0.310 e. The van der Waals surface area contributed by atoms with E-state index in [2.05, 4.69) is 23.2 Å². The molecule has 0 fully saturated rings. The van der Waals surface area contributed by atoms with Crippen molar-refractivity contribution < 1.29 is 0 Å². The minimum atomic E-state index is -0.543. The molecule has 4 N–H and O–H groups in total. The quantitative estimate of drug-likeness (QED) is 0.639. The monoisotopic (exact) mass is 172 g/mol. The van der Waals surface area contributed by atoms with Crippen LogP contribution in [-0.4, -0.2) is 9.36 Å². The summed E-state index contributed by atoms with van der Waals surface area (Å²) in [6.45, 7) is 4.12. The van der Waals surface area contributed by atoms with Gasteiger partial charge in [-0.25, -0.2) is 4.98 Å². The number of nitrogens with two attached hydrogens (primary N) is 2. The van der Waals surface area contributed by atoms with E-state index < -0.39 is 6.17 Å². The van der Waals surface area contributed by atoms with Gasteiger partial charge in [-0.15, -0.1) is 0 Å². The Balaban J connectivity index is 2.82. The molecule has 11 heavy (non-hydrogen) atoms. The van der Waals surface area contributed by atoms with E-state index in [0.29, 0.717) is 11.7 Å². The van der Waals surface area contributed by atoms with Gasteiger partial charge in [-0.2, -0.15) is 4.37 Å². The molecule has 0 radical (unpaired) electrons. The third kappa shape index (κ3) is 1.95. The van der Waals surface area contributed by atoms with Gasteiger partial charge in [0.2, 0.25) is 0 Å². The zero-order valence-corrected chi connectivity index (χ0v) is 7.43. The highest BCUT2D eigenvalue weighted by molar-refractivity contribution is 7.05. The number of hydrogen-bond donors (Lipinski definition) is 2. The van der Waals surface area contributed by atoms with Crippen LogP contribution in [0.3, 0.4) is 0 Å². The van der Waals surface area contributed by atoms with Gasteiger partial charge in [-0.05, 0) is 11.5 Å². The molecule has 1 rings (SSSR count). The molecule has 4 nitrogen and oxygen atoms in total. The van der Waals surface area contributed by atoms with E-state index >= 15 is 0 Å². The number of nitrogens with zero attached hydrogens (tertiary/aromatic N) is 2. The molecule has 0 aliphatic heterocycles. The molecule has 1 aromatic heterocycles. The van der Waals surface area contributed by atoms with E-state index in [9.17, 15) is 0 Å². The van der Waals surface area contributed by atoms with Crippen molar-refractivity contribution in [3.63, 3.8) is 0 Å². The highest BCUT2D eigenvalue weighted by Gasteiger charge is 2.09. The summed E-state index contributed by atoms with van der Waals surface area (Å²) in [6.07, 6.45) is -0.543. The third-order valence-corrected chi connectivity index (χ3v) is 2.28. The normalized spacial score (nSPS) is 11.5. The molecule has 1 aromatic rings. The van der Waals surface area contributed by atoms with Crippen molar-refractivity contribution in [3.05, 3.63) is 10.8 Å². The van der Waals surface area contributed by atoms with E-state index in [0.717, 1.165) is 5.01 Å². The van der Waals surface area contributed by atoms with E-state index in [-0.39, 0.29) is 0 Å². The summed E-state index contributed by atoms with van der Waals surface area (Å²) < 4.78 is 4.02. The van der Waals surface area contributed by atoms with Crippen molar-refractivity contribution in [1.29, 1.82) is 0 Å². The van der Waals surface area contributed by atoms with E-state index in [1.165, 1.54) is 11.5 Å². The van der Waals surface area contributed by atoms with Gasteiger partial charge in [0.05, 0.1) is 0 Å². The highest BCUT2D eigenvalue weighted by atomic mass is 32.1. The molecule has 0 saturated carbocycles. The molecule has 0 aliphatic carbocycles. The first kappa shape index (κ1) is 8.58. The molecule has 0 bridgehead atoms. The van der Waals surface area contributed by atoms with Crippen LogP contribution in [0.1, 0.15) is 36.8 Å². The van der Waals surface area contributed by atoms with Crippen LogP contribution in [-0.2, 0) is 0 Å². The van der Waals surface area contributed by atoms with Crippen molar-refractivity contribution in [1.82, 2.24) is 9.36 Å². The number of aromatic nitrogens is 2. The van der Waals surface area contributed by atoms with Gasteiger partial charge in [-0.1, -0.05) is 13.8 Å². The topological polar surface area (TPSA) is 77.8 Å². The zero-order valence-electron chi connectivity index (χ0n) is 6.61. The van der Waals surface area contributed by atoms with Gasteiger partial charge in [0.1, 0.15) is 11.2 Å². The Kier molecular flexibility index (Phi) is 2.53.